The van der Waals surface area contributed by atoms with E-state index in [1.807, 2.05) is 30.3 Å². The lowest BCUT2D eigenvalue weighted by atomic mass is 9.74. The Morgan fingerprint density at radius 1 is 0.935 bits per heavy atom. The summed E-state index contributed by atoms with van der Waals surface area (Å²) in [4.78, 5) is 29.3. The van der Waals surface area contributed by atoms with E-state index in [1.54, 1.807) is 0 Å². The average molecular weight is 412 g/mol. The number of hydrogen-bond acceptors (Lipinski definition) is 3. The van der Waals surface area contributed by atoms with E-state index in [9.17, 15) is 9.59 Å². The summed E-state index contributed by atoms with van der Waals surface area (Å²) in [6.45, 7) is 2.68. The van der Waals surface area contributed by atoms with Gasteiger partial charge in [0.25, 0.3) is 5.56 Å². The molecule has 1 heterocycles. The van der Waals surface area contributed by atoms with Gasteiger partial charge in [-0.1, -0.05) is 61.5 Å². The molecule has 5 heteroatoms. The fourth-order valence-electron chi connectivity index (χ4n) is 4.69. The van der Waals surface area contributed by atoms with Gasteiger partial charge in [0.1, 0.15) is 12.4 Å². The number of rotatable bonds is 4. The van der Waals surface area contributed by atoms with Crippen molar-refractivity contribution >= 4 is 10.8 Å². The molecule has 5 rings (SSSR count). The van der Waals surface area contributed by atoms with Crippen LogP contribution in [0.4, 0.5) is 0 Å². The monoisotopic (exact) mass is 412 g/mol. The topological polar surface area (TPSA) is 75.0 Å². The minimum absolute atomic E-state index is 0.176. The van der Waals surface area contributed by atoms with Crippen molar-refractivity contribution in [2.75, 3.05) is 0 Å². The van der Waals surface area contributed by atoms with Crippen LogP contribution in [0.1, 0.15) is 35.2 Å². The van der Waals surface area contributed by atoms with E-state index >= 15 is 0 Å². The van der Waals surface area contributed by atoms with Crippen molar-refractivity contribution < 1.29 is 4.74 Å². The third-order valence-corrected chi connectivity index (χ3v) is 6.28. The molecule has 0 aliphatic heterocycles. The highest BCUT2D eigenvalue weighted by Crippen LogP contribution is 2.40. The van der Waals surface area contributed by atoms with Gasteiger partial charge in [-0.05, 0) is 58.7 Å². The van der Waals surface area contributed by atoms with Crippen LogP contribution >= 0.6 is 0 Å². The predicted octanol–water partition coefficient (Wildman–Crippen LogP) is 4.31. The van der Waals surface area contributed by atoms with Gasteiger partial charge in [0.05, 0.1) is 0 Å². The SMILES string of the molecule is CC1Cc2c([nH]c(=O)[nH]c2=O)CC1c1cc(OCc2ccccc2)cc2ccccc12. The van der Waals surface area contributed by atoms with Gasteiger partial charge < -0.3 is 9.72 Å². The normalized spacial score (nSPS) is 18.0. The highest BCUT2D eigenvalue weighted by molar-refractivity contribution is 5.87. The molecule has 0 bridgehead atoms. The van der Waals surface area contributed by atoms with E-state index in [1.165, 1.54) is 10.9 Å². The number of H-pyrrole nitrogens is 2. The molecule has 0 saturated heterocycles. The molecule has 31 heavy (non-hydrogen) atoms. The number of hydrogen-bond donors (Lipinski definition) is 2. The molecule has 3 aromatic carbocycles. The molecule has 1 aromatic heterocycles. The zero-order chi connectivity index (χ0) is 21.4. The van der Waals surface area contributed by atoms with Crippen LogP contribution in [0.5, 0.6) is 5.75 Å². The molecule has 2 N–H and O–H groups in total. The number of benzene rings is 3. The summed E-state index contributed by atoms with van der Waals surface area (Å²) in [5.41, 5.74) is 3.05. The van der Waals surface area contributed by atoms with Gasteiger partial charge in [-0.2, -0.15) is 0 Å². The molecule has 1 aliphatic rings. The van der Waals surface area contributed by atoms with Crippen LogP contribution in [0.2, 0.25) is 0 Å². The first-order chi connectivity index (χ1) is 15.1. The van der Waals surface area contributed by atoms with Crippen LogP contribution in [-0.2, 0) is 19.4 Å². The van der Waals surface area contributed by atoms with E-state index in [0.29, 0.717) is 25.0 Å². The van der Waals surface area contributed by atoms with Crippen LogP contribution in [-0.4, -0.2) is 9.97 Å². The van der Waals surface area contributed by atoms with Crippen molar-refractivity contribution in [3.05, 3.63) is 110 Å². The molecule has 0 amide bonds. The number of ether oxygens (including phenoxy) is 1. The molecule has 0 fully saturated rings. The van der Waals surface area contributed by atoms with Gasteiger partial charge in [-0.25, -0.2) is 4.79 Å². The van der Waals surface area contributed by atoms with E-state index in [4.69, 9.17) is 4.74 Å². The summed E-state index contributed by atoms with van der Waals surface area (Å²) in [6.07, 6.45) is 1.26. The Labute approximate surface area is 179 Å². The Hall–Kier alpha value is -3.60. The highest BCUT2D eigenvalue weighted by atomic mass is 16.5. The third kappa shape index (κ3) is 3.79. The maximum Gasteiger partial charge on any atom is 0.325 e. The average Bonchev–Trinajstić information content (AvgIpc) is 2.78. The quantitative estimate of drug-likeness (QED) is 0.524. The summed E-state index contributed by atoms with van der Waals surface area (Å²) in [5.74, 6) is 1.26. The molecule has 5 nitrogen and oxygen atoms in total. The molecule has 0 spiro atoms. The zero-order valence-electron chi connectivity index (χ0n) is 17.4. The number of nitrogens with one attached hydrogen (secondary N) is 2. The number of aromatic nitrogens is 2. The van der Waals surface area contributed by atoms with Crippen molar-refractivity contribution in [1.82, 2.24) is 9.97 Å². The molecule has 4 aromatic rings. The fourth-order valence-corrected chi connectivity index (χ4v) is 4.69. The Bertz CT molecular complexity index is 1350. The van der Waals surface area contributed by atoms with Crippen molar-refractivity contribution in [1.29, 1.82) is 0 Å². The number of fused-ring (bicyclic) bond motifs is 2. The minimum atomic E-state index is -0.443. The summed E-state index contributed by atoms with van der Waals surface area (Å²) >= 11 is 0. The van der Waals surface area contributed by atoms with Gasteiger partial charge in [0, 0.05) is 11.3 Å². The third-order valence-electron chi connectivity index (χ3n) is 6.28. The van der Waals surface area contributed by atoms with Crippen molar-refractivity contribution in [2.45, 2.75) is 32.3 Å². The first-order valence-electron chi connectivity index (χ1n) is 10.6. The lowest BCUT2D eigenvalue weighted by molar-refractivity contribution is 0.305. The second-order valence-electron chi connectivity index (χ2n) is 8.37. The first-order valence-corrected chi connectivity index (χ1v) is 10.6. The Kier molecular flexibility index (Phi) is 4.94. The molecule has 1 aliphatic carbocycles. The number of aromatic amines is 2. The second-order valence-corrected chi connectivity index (χ2v) is 8.37. The molecule has 0 radical (unpaired) electrons. The zero-order valence-corrected chi connectivity index (χ0v) is 17.4. The molecular formula is C26H24N2O3. The van der Waals surface area contributed by atoms with E-state index in [-0.39, 0.29) is 17.4 Å². The van der Waals surface area contributed by atoms with Crippen LogP contribution in [0, 0.1) is 5.92 Å². The van der Waals surface area contributed by atoms with Crippen molar-refractivity contribution in [3.8, 4) is 5.75 Å². The first kappa shape index (κ1) is 19.4. The van der Waals surface area contributed by atoms with Gasteiger partial charge in [-0.3, -0.25) is 9.78 Å². The van der Waals surface area contributed by atoms with Gasteiger partial charge >= 0.3 is 5.69 Å². The molecule has 156 valence electrons. The van der Waals surface area contributed by atoms with Crippen LogP contribution in [0.3, 0.4) is 0 Å². The lowest BCUT2D eigenvalue weighted by Gasteiger charge is -2.31. The minimum Gasteiger partial charge on any atom is -0.489 e. The van der Waals surface area contributed by atoms with Crippen molar-refractivity contribution in [2.24, 2.45) is 5.92 Å². The standard InChI is InChI=1S/C26H24N2O3/c1-16-11-23-24(27-26(30)28-25(23)29)14-21(16)22-13-19(12-18-9-5-6-10-20(18)22)31-15-17-7-3-2-4-8-17/h2-10,12-13,16,21H,11,14-15H2,1H3,(H2,27,28,29,30). The summed E-state index contributed by atoms with van der Waals surface area (Å²) in [5, 5.41) is 2.31. The van der Waals surface area contributed by atoms with Crippen LogP contribution in [0.25, 0.3) is 10.8 Å². The van der Waals surface area contributed by atoms with E-state index in [0.717, 1.165) is 22.4 Å². The van der Waals surface area contributed by atoms with E-state index in [2.05, 4.69) is 53.3 Å². The largest absolute Gasteiger partial charge is 0.489 e. The molecule has 2 atom stereocenters. The summed E-state index contributed by atoms with van der Waals surface area (Å²) in [7, 11) is 0. The summed E-state index contributed by atoms with van der Waals surface area (Å²) < 4.78 is 6.16. The van der Waals surface area contributed by atoms with Crippen LogP contribution < -0.4 is 16.0 Å². The van der Waals surface area contributed by atoms with Gasteiger partial charge in [0.2, 0.25) is 0 Å². The molecule has 0 saturated carbocycles. The predicted molar refractivity (Wildman–Crippen MR) is 122 cm³/mol. The fraction of sp³-hybridized carbons (Fsp3) is 0.231. The Balaban J connectivity index is 1.55. The van der Waals surface area contributed by atoms with Gasteiger partial charge in [0.15, 0.2) is 0 Å². The lowest BCUT2D eigenvalue weighted by Crippen LogP contribution is -2.34. The maximum absolute atomic E-state index is 12.3. The second kappa shape index (κ2) is 7.91. The smallest absolute Gasteiger partial charge is 0.325 e. The maximum atomic E-state index is 12.3. The Morgan fingerprint density at radius 2 is 1.71 bits per heavy atom. The van der Waals surface area contributed by atoms with Crippen LogP contribution in [0.15, 0.2) is 76.3 Å². The van der Waals surface area contributed by atoms with E-state index < -0.39 is 5.69 Å². The Morgan fingerprint density at radius 3 is 2.55 bits per heavy atom. The van der Waals surface area contributed by atoms with Crippen molar-refractivity contribution in [3.63, 3.8) is 0 Å². The molecular weight excluding hydrogens is 388 g/mol. The highest BCUT2D eigenvalue weighted by Gasteiger charge is 2.30. The molecule has 2 unspecified atom stereocenters. The van der Waals surface area contributed by atoms with Gasteiger partial charge in [-0.15, -0.1) is 0 Å². The summed E-state index contributed by atoms with van der Waals surface area (Å²) in [6, 6.07) is 22.6.